The van der Waals surface area contributed by atoms with Crippen LogP contribution in [0, 0.1) is 0 Å². The lowest BCUT2D eigenvalue weighted by Gasteiger charge is -2.28. The van der Waals surface area contributed by atoms with Gasteiger partial charge in [0.05, 0.1) is 5.69 Å². The predicted molar refractivity (Wildman–Crippen MR) is 208 cm³/mol. The van der Waals surface area contributed by atoms with Crippen LogP contribution in [0.25, 0.3) is 55.6 Å². The van der Waals surface area contributed by atoms with E-state index in [0.29, 0.717) is 0 Å². The van der Waals surface area contributed by atoms with Gasteiger partial charge in [-0.2, -0.15) is 0 Å². The van der Waals surface area contributed by atoms with Crippen molar-refractivity contribution in [2.24, 2.45) is 0 Å². The van der Waals surface area contributed by atoms with Crippen LogP contribution in [0.1, 0.15) is 0 Å². The Hall–Kier alpha value is -6.44. The molecule has 0 spiro atoms. The Bertz CT molecular complexity index is 2290. The minimum absolute atomic E-state index is 1.10. The number of anilines is 3. The molecule has 0 fully saturated rings. The Kier molecular flexibility index (Phi) is 8.39. The van der Waals surface area contributed by atoms with Crippen LogP contribution >= 0.6 is 0 Å². The molecule has 0 aliphatic heterocycles. The van der Waals surface area contributed by atoms with E-state index in [1.54, 1.807) is 0 Å². The lowest BCUT2D eigenvalue weighted by molar-refractivity contribution is 1.28. The van der Waals surface area contributed by atoms with Crippen LogP contribution in [0.3, 0.4) is 0 Å². The summed E-state index contributed by atoms with van der Waals surface area (Å²) in [4.78, 5) is 2.39. The molecule has 0 saturated heterocycles. The van der Waals surface area contributed by atoms with Crippen LogP contribution < -0.4 is 4.90 Å². The molecule has 0 aromatic heterocycles. The Balaban J connectivity index is 1.27. The van der Waals surface area contributed by atoms with Crippen molar-refractivity contribution in [3.05, 3.63) is 212 Å². The molecule has 0 amide bonds. The fraction of sp³-hybridized carbons (Fsp3) is 0. The minimum atomic E-state index is 1.10. The Morgan fingerprint density at radius 2 is 0.673 bits per heavy atom. The Morgan fingerprint density at radius 3 is 1.31 bits per heavy atom. The minimum Gasteiger partial charge on any atom is -0.310 e. The van der Waals surface area contributed by atoms with Crippen LogP contribution in [0.2, 0.25) is 0 Å². The van der Waals surface area contributed by atoms with E-state index < -0.39 is 0 Å². The van der Waals surface area contributed by atoms with E-state index in [1.807, 2.05) is 0 Å². The third-order valence-corrected chi connectivity index (χ3v) is 9.09. The van der Waals surface area contributed by atoms with Gasteiger partial charge >= 0.3 is 0 Å². The average Bonchev–Trinajstić information content (AvgIpc) is 3.20. The van der Waals surface area contributed by atoms with Gasteiger partial charge in [0.15, 0.2) is 0 Å². The summed E-state index contributed by atoms with van der Waals surface area (Å²) in [5.41, 5.74) is 15.3. The van der Waals surface area contributed by atoms with E-state index in [9.17, 15) is 0 Å². The fourth-order valence-electron chi connectivity index (χ4n) is 6.67. The first-order valence-corrected chi connectivity index (χ1v) is 16.8. The van der Waals surface area contributed by atoms with Gasteiger partial charge in [0, 0.05) is 16.9 Å². The Morgan fingerprint density at radius 1 is 0.224 bits per heavy atom. The summed E-state index contributed by atoms with van der Waals surface area (Å²) >= 11 is 0. The van der Waals surface area contributed by atoms with Gasteiger partial charge in [0.2, 0.25) is 0 Å². The van der Waals surface area contributed by atoms with Crippen LogP contribution in [-0.2, 0) is 0 Å². The zero-order valence-corrected chi connectivity index (χ0v) is 27.2. The molecule has 0 aliphatic rings. The van der Waals surface area contributed by atoms with E-state index >= 15 is 0 Å². The molecule has 8 rings (SSSR count). The summed E-state index contributed by atoms with van der Waals surface area (Å²) in [5, 5.41) is 0. The third-order valence-electron chi connectivity index (χ3n) is 9.09. The largest absolute Gasteiger partial charge is 0.310 e. The zero-order chi connectivity index (χ0) is 32.8. The fourth-order valence-corrected chi connectivity index (χ4v) is 6.67. The quantitative estimate of drug-likeness (QED) is 0.162. The van der Waals surface area contributed by atoms with E-state index in [2.05, 4.69) is 217 Å². The van der Waals surface area contributed by atoms with Gasteiger partial charge in [-0.3, -0.25) is 0 Å². The summed E-state index contributed by atoms with van der Waals surface area (Å²) in [6.45, 7) is 0. The third kappa shape index (κ3) is 6.31. The van der Waals surface area contributed by atoms with Gasteiger partial charge in [-0.25, -0.2) is 0 Å². The zero-order valence-electron chi connectivity index (χ0n) is 27.2. The van der Waals surface area contributed by atoms with Gasteiger partial charge < -0.3 is 4.90 Å². The summed E-state index contributed by atoms with van der Waals surface area (Å²) in [5.74, 6) is 0. The molecular formula is C48H35N. The molecule has 0 heterocycles. The molecule has 49 heavy (non-hydrogen) atoms. The van der Waals surface area contributed by atoms with E-state index in [1.165, 1.54) is 50.1 Å². The Labute approximate surface area is 289 Å². The lowest BCUT2D eigenvalue weighted by Crippen LogP contribution is -2.11. The second-order valence-corrected chi connectivity index (χ2v) is 12.2. The van der Waals surface area contributed by atoms with Gasteiger partial charge in [0.25, 0.3) is 0 Å². The first kappa shape index (κ1) is 29.9. The monoisotopic (exact) mass is 625 g/mol. The van der Waals surface area contributed by atoms with Gasteiger partial charge in [-0.15, -0.1) is 0 Å². The standard InChI is InChI=1S/C48H35N/c1-5-16-36(17-6-1)37-28-31-43(32-29-37)49(48-27-14-13-26-46(48)39-20-9-3-10-21-39)44-25-15-24-41(34-44)42-30-33-45(38-18-7-2-8-19-38)47(35-42)40-22-11-4-12-23-40/h1-35H. The van der Waals surface area contributed by atoms with Crippen molar-refractivity contribution < 1.29 is 0 Å². The topological polar surface area (TPSA) is 3.24 Å². The van der Waals surface area contributed by atoms with Crippen molar-refractivity contribution in [3.63, 3.8) is 0 Å². The second kappa shape index (κ2) is 13.7. The summed E-state index contributed by atoms with van der Waals surface area (Å²) in [6, 6.07) is 76.0. The smallest absolute Gasteiger partial charge is 0.0540 e. The molecule has 1 nitrogen and oxygen atoms in total. The molecule has 0 radical (unpaired) electrons. The molecule has 0 unspecified atom stereocenters. The summed E-state index contributed by atoms with van der Waals surface area (Å²) < 4.78 is 0. The molecule has 232 valence electrons. The molecule has 0 bridgehead atoms. The van der Waals surface area contributed by atoms with Crippen molar-refractivity contribution >= 4 is 17.1 Å². The van der Waals surface area contributed by atoms with Crippen molar-refractivity contribution in [2.45, 2.75) is 0 Å². The number of para-hydroxylation sites is 1. The molecule has 0 atom stereocenters. The normalized spacial score (nSPS) is 10.9. The molecule has 0 saturated carbocycles. The van der Waals surface area contributed by atoms with Crippen molar-refractivity contribution in [1.82, 2.24) is 0 Å². The lowest BCUT2D eigenvalue weighted by atomic mass is 9.91. The molecule has 8 aromatic rings. The predicted octanol–water partition coefficient (Wildman–Crippen LogP) is 13.5. The highest BCUT2D eigenvalue weighted by Gasteiger charge is 2.18. The van der Waals surface area contributed by atoms with Crippen LogP contribution in [-0.4, -0.2) is 0 Å². The van der Waals surface area contributed by atoms with E-state index in [4.69, 9.17) is 0 Å². The number of rotatable bonds is 8. The first-order chi connectivity index (χ1) is 24.3. The van der Waals surface area contributed by atoms with Gasteiger partial charge in [-0.1, -0.05) is 176 Å². The maximum atomic E-state index is 2.39. The van der Waals surface area contributed by atoms with Crippen LogP contribution in [0.15, 0.2) is 212 Å². The van der Waals surface area contributed by atoms with E-state index in [-0.39, 0.29) is 0 Å². The van der Waals surface area contributed by atoms with Crippen molar-refractivity contribution in [3.8, 4) is 55.6 Å². The van der Waals surface area contributed by atoms with Crippen LogP contribution in [0.5, 0.6) is 0 Å². The number of nitrogens with zero attached hydrogens (tertiary/aromatic N) is 1. The summed E-state index contributed by atoms with van der Waals surface area (Å²) in [6.07, 6.45) is 0. The number of benzene rings is 8. The molecular weight excluding hydrogens is 591 g/mol. The highest BCUT2D eigenvalue weighted by molar-refractivity contribution is 5.91. The van der Waals surface area contributed by atoms with Gasteiger partial charge in [0.1, 0.15) is 0 Å². The maximum Gasteiger partial charge on any atom is 0.0540 e. The van der Waals surface area contributed by atoms with Crippen molar-refractivity contribution in [2.75, 3.05) is 4.90 Å². The SMILES string of the molecule is c1ccc(-c2ccc(N(c3cccc(-c4ccc(-c5ccccc5)c(-c5ccccc5)c4)c3)c3ccccc3-c3ccccc3)cc2)cc1. The van der Waals surface area contributed by atoms with E-state index in [0.717, 1.165) is 22.6 Å². The second-order valence-electron chi connectivity index (χ2n) is 12.2. The molecule has 1 heteroatoms. The van der Waals surface area contributed by atoms with Crippen molar-refractivity contribution in [1.29, 1.82) is 0 Å². The maximum absolute atomic E-state index is 2.39. The highest BCUT2D eigenvalue weighted by Crippen LogP contribution is 2.43. The number of hydrogen-bond donors (Lipinski definition) is 0. The average molecular weight is 626 g/mol. The first-order valence-electron chi connectivity index (χ1n) is 16.8. The molecule has 8 aromatic carbocycles. The summed E-state index contributed by atoms with van der Waals surface area (Å²) in [7, 11) is 0. The highest BCUT2D eigenvalue weighted by atomic mass is 15.1. The molecule has 0 N–H and O–H groups in total. The number of hydrogen-bond acceptors (Lipinski definition) is 1. The van der Waals surface area contributed by atoms with Gasteiger partial charge in [-0.05, 0) is 86.5 Å². The molecule has 0 aliphatic carbocycles. The van der Waals surface area contributed by atoms with Crippen LogP contribution in [0.4, 0.5) is 17.1 Å².